The minimum atomic E-state index is -0.320. The van der Waals surface area contributed by atoms with Gasteiger partial charge in [0, 0.05) is 17.6 Å². The van der Waals surface area contributed by atoms with Gasteiger partial charge in [-0.25, -0.2) is 4.79 Å². The second-order valence-corrected chi connectivity index (χ2v) is 7.74. The first-order valence-electron chi connectivity index (χ1n) is 8.61. The van der Waals surface area contributed by atoms with Gasteiger partial charge >= 0.3 is 6.03 Å². The fraction of sp³-hybridized carbons (Fsp3) is 0.500. The molecule has 0 unspecified atom stereocenters. The van der Waals surface area contributed by atoms with Gasteiger partial charge in [-0.15, -0.1) is 0 Å². The Balaban J connectivity index is 2.67. The number of benzene rings is 1. The van der Waals surface area contributed by atoms with Crippen LogP contribution in [0.25, 0.3) is 6.08 Å². The van der Waals surface area contributed by atoms with E-state index in [1.54, 1.807) is 4.90 Å². The summed E-state index contributed by atoms with van der Waals surface area (Å²) >= 11 is 0. The molecule has 24 heavy (non-hydrogen) atoms. The Morgan fingerprint density at radius 3 is 2.08 bits per heavy atom. The molecule has 2 amide bonds. The van der Waals surface area contributed by atoms with E-state index in [2.05, 4.69) is 26.8 Å². The molecule has 1 fully saturated rings. The van der Waals surface area contributed by atoms with Gasteiger partial charge in [-0.3, -0.25) is 14.8 Å². The van der Waals surface area contributed by atoms with Crippen molar-refractivity contribution in [1.29, 1.82) is 0 Å². The number of rotatable bonds is 3. The standard InChI is InChI=1S/C20H29N3O/c1-14(2)21-18-17(13-16-11-9-8-10-12-16)23(20(5,6)7)19(24)22(18)15(3)4/h8-15H,1-7H3/b17-13+,21-18?. The van der Waals surface area contributed by atoms with Crippen LogP contribution in [-0.2, 0) is 0 Å². The topological polar surface area (TPSA) is 35.9 Å². The summed E-state index contributed by atoms with van der Waals surface area (Å²) < 4.78 is 0. The average Bonchev–Trinajstić information content (AvgIpc) is 2.71. The number of hydrogen-bond donors (Lipinski definition) is 0. The Bertz CT molecular complexity index is 651. The first-order chi connectivity index (χ1) is 11.1. The van der Waals surface area contributed by atoms with Crippen molar-refractivity contribution in [3.05, 3.63) is 41.6 Å². The van der Waals surface area contributed by atoms with Crippen LogP contribution in [0.15, 0.2) is 41.0 Å². The van der Waals surface area contributed by atoms with Crippen molar-refractivity contribution in [1.82, 2.24) is 9.80 Å². The lowest BCUT2D eigenvalue weighted by Crippen LogP contribution is -2.45. The molecule has 0 atom stereocenters. The van der Waals surface area contributed by atoms with Crippen molar-refractivity contribution >= 4 is 17.9 Å². The summed E-state index contributed by atoms with van der Waals surface area (Å²) in [4.78, 5) is 21.6. The monoisotopic (exact) mass is 327 g/mol. The van der Waals surface area contributed by atoms with E-state index in [1.165, 1.54) is 0 Å². The van der Waals surface area contributed by atoms with Gasteiger partial charge in [0.1, 0.15) is 0 Å². The van der Waals surface area contributed by atoms with E-state index in [4.69, 9.17) is 4.99 Å². The SMILES string of the molecule is CC(C)N=C1/C(=C\c2ccccc2)N(C(C)(C)C)C(=O)N1C(C)C. The third kappa shape index (κ3) is 3.69. The van der Waals surface area contributed by atoms with Gasteiger partial charge in [0.05, 0.1) is 5.70 Å². The van der Waals surface area contributed by atoms with Crippen LogP contribution < -0.4 is 0 Å². The fourth-order valence-corrected chi connectivity index (χ4v) is 2.85. The molecule has 0 radical (unpaired) electrons. The lowest BCUT2D eigenvalue weighted by atomic mass is 10.1. The van der Waals surface area contributed by atoms with Crippen molar-refractivity contribution in [2.75, 3.05) is 0 Å². The Morgan fingerprint density at radius 1 is 1.04 bits per heavy atom. The van der Waals surface area contributed by atoms with Crippen molar-refractivity contribution in [3.8, 4) is 0 Å². The fourth-order valence-electron chi connectivity index (χ4n) is 2.85. The Morgan fingerprint density at radius 2 is 1.62 bits per heavy atom. The van der Waals surface area contributed by atoms with Crippen LogP contribution in [0.1, 0.15) is 54.0 Å². The number of aliphatic imine (C=N–C) groups is 1. The normalized spacial score (nSPS) is 19.5. The largest absolute Gasteiger partial charge is 0.331 e. The molecule has 1 aliphatic heterocycles. The maximum absolute atomic E-state index is 13.1. The van der Waals surface area contributed by atoms with Gasteiger partial charge in [-0.2, -0.15) is 0 Å². The van der Waals surface area contributed by atoms with Crippen molar-refractivity contribution in [2.45, 2.75) is 66.1 Å². The molecule has 1 aromatic carbocycles. The quantitative estimate of drug-likeness (QED) is 0.787. The van der Waals surface area contributed by atoms with E-state index in [0.717, 1.165) is 17.1 Å². The molecule has 1 saturated heterocycles. The zero-order valence-electron chi connectivity index (χ0n) is 15.9. The zero-order chi connectivity index (χ0) is 18.1. The molecule has 0 spiro atoms. The molecule has 0 aliphatic carbocycles. The zero-order valence-corrected chi connectivity index (χ0v) is 15.9. The third-order valence-corrected chi connectivity index (χ3v) is 3.77. The second kappa shape index (κ2) is 6.80. The molecule has 1 aromatic rings. The van der Waals surface area contributed by atoms with Gasteiger partial charge in [0.25, 0.3) is 0 Å². The lowest BCUT2D eigenvalue weighted by Gasteiger charge is -2.32. The highest BCUT2D eigenvalue weighted by molar-refractivity contribution is 6.17. The second-order valence-electron chi connectivity index (χ2n) is 7.74. The van der Waals surface area contributed by atoms with Crippen LogP contribution in [0, 0.1) is 0 Å². The number of amidine groups is 1. The summed E-state index contributed by atoms with van der Waals surface area (Å²) in [5, 5.41) is 0. The lowest BCUT2D eigenvalue weighted by molar-refractivity contribution is 0.163. The molecule has 4 heteroatoms. The molecule has 4 nitrogen and oxygen atoms in total. The molecular weight excluding hydrogens is 298 g/mol. The van der Waals surface area contributed by atoms with E-state index >= 15 is 0 Å². The molecular formula is C20H29N3O. The van der Waals surface area contributed by atoms with E-state index in [9.17, 15) is 4.79 Å². The highest BCUT2D eigenvalue weighted by Crippen LogP contribution is 2.33. The third-order valence-electron chi connectivity index (χ3n) is 3.77. The first kappa shape index (κ1) is 18.2. The van der Waals surface area contributed by atoms with Gasteiger partial charge in [0.15, 0.2) is 5.84 Å². The van der Waals surface area contributed by atoms with Gasteiger partial charge in [0.2, 0.25) is 0 Å². The number of hydrogen-bond acceptors (Lipinski definition) is 2. The average molecular weight is 327 g/mol. The predicted octanol–water partition coefficient (Wildman–Crippen LogP) is 4.78. The maximum atomic E-state index is 13.1. The highest BCUT2D eigenvalue weighted by atomic mass is 16.2. The number of carbonyl (C=O) groups is 1. The molecule has 0 N–H and O–H groups in total. The van der Waals surface area contributed by atoms with Crippen LogP contribution in [0.2, 0.25) is 0 Å². The summed E-state index contributed by atoms with van der Waals surface area (Å²) in [5.41, 5.74) is 1.62. The van der Waals surface area contributed by atoms with Gasteiger partial charge in [-0.1, -0.05) is 30.3 Å². The molecule has 0 bridgehead atoms. The Kier molecular flexibility index (Phi) is 5.16. The number of carbonyl (C=O) groups excluding carboxylic acids is 1. The van der Waals surface area contributed by atoms with E-state index in [1.807, 2.05) is 62.9 Å². The minimum Gasteiger partial charge on any atom is -0.285 e. The van der Waals surface area contributed by atoms with E-state index in [-0.39, 0.29) is 23.7 Å². The number of amides is 2. The molecule has 0 aromatic heterocycles. The molecule has 1 aliphatic rings. The minimum absolute atomic E-state index is 0.000851. The summed E-state index contributed by atoms with van der Waals surface area (Å²) in [6.45, 7) is 14.3. The Labute approximate surface area is 145 Å². The number of nitrogens with zero attached hydrogens (tertiary/aromatic N) is 3. The molecule has 1 heterocycles. The van der Waals surface area contributed by atoms with Crippen molar-refractivity contribution in [3.63, 3.8) is 0 Å². The van der Waals surface area contributed by atoms with Gasteiger partial charge in [-0.05, 0) is 60.1 Å². The summed E-state index contributed by atoms with van der Waals surface area (Å²) in [5.74, 6) is 0.767. The molecule has 130 valence electrons. The summed E-state index contributed by atoms with van der Waals surface area (Å²) in [6, 6.07) is 10.3. The summed E-state index contributed by atoms with van der Waals surface area (Å²) in [7, 11) is 0. The maximum Gasteiger partial charge on any atom is 0.331 e. The van der Waals surface area contributed by atoms with Crippen molar-refractivity contribution in [2.24, 2.45) is 4.99 Å². The van der Waals surface area contributed by atoms with Crippen LogP contribution in [0.3, 0.4) is 0 Å². The molecule has 0 saturated carbocycles. The van der Waals surface area contributed by atoms with Crippen molar-refractivity contribution < 1.29 is 4.79 Å². The molecule has 2 rings (SSSR count). The van der Waals surface area contributed by atoms with Crippen LogP contribution in [-0.4, -0.2) is 39.3 Å². The predicted molar refractivity (Wildman–Crippen MR) is 101 cm³/mol. The highest BCUT2D eigenvalue weighted by Gasteiger charge is 2.45. The van der Waals surface area contributed by atoms with Crippen LogP contribution in [0.4, 0.5) is 4.79 Å². The van der Waals surface area contributed by atoms with E-state index < -0.39 is 0 Å². The smallest absolute Gasteiger partial charge is 0.285 e. The Hall–Kier alpha value is -2.10. The van der Waals surface area contributed by atoms with Crippen LogP contribution in [0.5, 0.6) is 0 Å². The first-order valence-corrected chi connectivity index (χ1v) is 8.61. The van der Waals surface area contributed by atoms with Crippen LogP contribution >= 0.6 is 0 Å². The summed E-state index contributed by atoms with van der Waals surface area (Å²) in [6.07, 6.45) is 2.06. The van der Waals surface area contributed by atoms with Gasteiger partial charge < -0.3 is 0 Å². The van der Waals surface area contributed by atoms with E-state index in [0.29, 0.717) is 0 Å². The number of urea groups is 1.